The Morgan fingerprint density at radius 2 is 2.26 bits per heavy atom. The van der Waals surface area contributed by atoms with Crippen LogP contribution in [0, 0.1) is 0 Å². The molecule has 0 aliphatic heterocycles. The average molecular weight is 348 g/mol. The number of anilines is 2. The first-order valence-corrected chi connectivity index (χ1v) is 8.47. The third kappa shape index (κ3) is 3.08. The van der Waals surface area contributed by atoms with Crippen LogP contribution in [0.15, 0.2) is 24.4 Å². The number of aliphatic hydroxyl groups is 1. The summed E-state index contributed by atoms with van der Waals surface area (Å²) in [5.41, 5.74) is 1.14. The zero-order valence-electron chi connectivity index (χ0n) is 12.1. The third-order valence-electron chi connectivity index (χ3n) is 3.64. The summed E-state index contributed by atoms with van der Waals surface area (Å²) in [4.78, 5) is 10.5. The fourth-order valence-electron chi connectivity index (χ4n) is 2.28. The van der Waals surface area contributed by atoms with Gasteiger partial charge >= 0.3 is 0 Å². The summed E-state index contributed by atoms with van der Waals surface area (Å²) in [6, 6.07) is 5.74. The van der Waals surface area contributed by atoms with Gasteiger partial charge in [0.05, 0.1) is 17.7 Å². The van der Waals surface area contributed by atoms with Crippen LogP contribution in [0.4, 0.5) is 11.6 Å². The molecule has 3 aromatic rings. The molecule has 1 aliphatic carbocycles. The quantitative estimate of drug-likeness (QED) is 0.655. The van der Waals surface area contributed by atoms with Crippen molar-refractivity contribution in [2.24, 2.45) is 0 Å². The normalized spacial score (nSPS) is 14.2. The molecular formula is C15H14ClN5OS. The van der Waals surface area contributed by atoms with Crippen LogP contribution in [0.1, 0.15) is 29.3 Å². The standard InChI is InChI=1S/C15H14ClN5OS/c16-10-6-17-15(12-4-3-9(7-22)23-12)19-14(10)18-13-5-11(20-21-13)8-1-2-8/h3-6,8,22H,1-2,7H2,(H2,17,18,19,20,21). The van der Waals surface area contributed by atoms with Crippen LogP contribution < -0.4 is 5.32 Å². The molecule has 8 heteroatoms. The Hall–Kier alpha value is -1.96. The van der Waals surface area contributed by atoms with E-state index in [1.165, 1.54) is 24.2 Å². The fraction of sp³-hybridized carbons (Fsp3) is 0.267. The van der Waals surface area contributed by atoms with Gasteiger partial charge in [0.15, 0.2) is 17.5 Å². The number of aromatic nitrogens is 4. The van der Waals surface area contributed by atoms with Gasteiger partial charge in [-0.05, 0) is 25.0 Å². The van der Waals surface area contributed by atoms with E-state index in [9.17, 15) is 0 Å². The second-order valence-corrected chi connectivity index (χ2v) is 7.00. The molecular weight excluding hydrogens is 334 g/mol. The lowest BCUT2D eigenvalue weighted by atomic mass is 10.3. The van der Waals surface area contributed by atoms with Gasteiger partial charge in [-0.25, -0.2) is 9.97 Å². The first-order chi connectivity index (χ1) is 11.2. The summed E-state index contributed by atoms with van der Waals surface area (Å²) < 4.78 is 0. The molecule has 4 rings (SSSR count). The number of halogens is 1. The van der Waals surface area contributed by atoms with Crippen LogP contribution in [0.2, 0.25) is 5.02 Å². The Morgan fingerprint density at radius 1 is 1.39 bits per heavy atom. The maximum Gasteiger partial charge on any atom is 0.171 e. The van der Waals surface area contributed by atoms with Crippen molar-refractivity contribution in [3.8, 4) is 10.7 Å². The van der Waals surface area contributed by atoms with E-state index >= 15 is 0 Å². The molecule has 118 valence electrons. The van der Waals surface area contributed by atoms with E-state index in [1.807, 2.05) is 18.2 Å². The van der Waals surface area contributed by atoms with E-state index < -0.39 is 0 Å². The molecule has 3 aromatic heterocycles. The van der Waals surface area contributed by atoms with Crippen molar-refractivity contribution in [3.63, 3.8) is 0 Å². The maximum absolute atomic E-state index is 9.17. The van der Waals surface area contributed by atoms with Crippen molar-refractivity contribution in [1.29, 1.82) is 0 Å². The predicted molar refractivity (Wildman–Crippen MR) is 90.1 cm³/mol. The number of hydrogen-bond donors (Lipinski definition) is 3. The molecule has 0 atom stereocenters. The summed E-state index contributed by atoms with van der Waals surface area (Å²) in [5.74, 6) is 2.39. The number of aliphatic hydroxyl groups excluding tert-OH is 1. The van der Waals surface area contributed by atoms with Gasteiger partial charge in [0.1, 0.15) is 5.02 Å². The minimum atomic E-state index is 0.0145. The molecule has 6 nitrogen and oxygen atoms in total. The zero-order chi connectivity index (χ0) is 15.8. The molecule has 0 amide bonds. The fourth-order valence-corrected chi connectivity index (χ4v) is 3.23. The van der Waals surface area contributed by atoms with Crippen LogP contribution in [-0.4, -0.2) is 25.3 Å². The molecule has 1 fully saturated rings. The number of thiophene rings is 1. The van der Waals surface area contributed by atoms with Gasteiger partial charge in [0.2, 0.25) is 0 Å². The summed E-state index contributed by atoms with van der Waals surface area (Å²) in [6.07, 6.45) is 4.00. The minimum Gasteiger partial charge on any atom is -0.391 e. The van der Waals surface area contributed by atoms with Crippen LogP contribution in [0.25, 0.3) is 10.7 Å². The van der Waals surface area contributed by atoms with Gasteiger partial charge in [-0.1, -0.05) is 11.6 Å². The number of H-pyrrole nitrogens is 1. The predicted octanol–water partition coefficient (Wildman–Crippen LogP) is 3.69. The lowest BCUT2D eigenvalue weighted by molar-refractivity contribution is 0.285. The molecule has 3 heterocycles. The monoisotopic (exact) mass is 347 g/mol. The Labute approximate surface area is 141 Å². The highest BCUT2D eigenvalue weighted by Gasteiger charge is 2.25. The summed E-state index contributed by atoms with van der Waals surface area (Å²) >= 11 is 7.64. The van der Waals surface area contributed by atoms with Crippen molar-refractivity contribution in [2.45, 2.75) is 25.4 Å². The number of nitrogens with one attached hydrogen (secondary N) is 2. The molecule has 0 saturated heterocycles. The first-order valence-electron chi connectivity index (χ1n) is 7.28. The highest BCUT2D eigenvalue weighted by molar-refractivity contribution is 7.15. The van der Waals surface area contributed by atoms with E-state index in [4.69, 9.17) is 16.7 Å². The van der Waals surface area contributed by atoms with Crippen molar-refractivity contribution < 1.29 is 5.11 Å². The molecule has 23 heavy (non-hydrogen) atoms. The molecule has 0 spiro atoms. The van der Waals surface area contributed by atoms with Crippen molar-refractivity contribution >= 4 is 34.6 Å². The van der Waals surface area contributed by atoms with Gasteiger partial charge in [-0.3, -0.25) is 5.10 Å². The summed E-state index contributed by atoms with van der Waals surface area (Å²) in [5, 5.41) is 20.0. The highest BCUT2D eigenvalue weighted by Crippen LogP contribution is 2.40. The van der Waals surface area contributed by atoms with Crippen LogP contribution >= 0.6 is 22.9 Å². The molecule has 0 unspecified atom stereocenters. The molecule has 1 aliphatic rings. The molecule has 3 N–H and O–H groups in total. The topological polar surface area (TPSA) is 86.7 Å². The Bertz CT molecular complexity index is 842. The zero-order valence-corrected chi connectivity index (χ0v) is 13.7. The van der Waals surface area contributed by atoms with Gasteiger partial charge in [-0.2, -0.15) is 5.10 Å². The van der Waals surface area contributed by atoms with E-state index in [1.54, 1.807) is 6.20 Å². The Morgan fingerprint density at radius 3 is 3.00 bits per heavy atom. The maximum atomic E-state index is 9.17. The Kier molecular flexibility index (Phi) is 3.76. The molecule has 0 bridgehead atoms. The number of aromatic amines is 1. The van der Waals surface area contributed by atoms with Gasteiger partial charge < -0.3 is 10.4 Å². The van der Waals surface area contributed by atoms with Gasteiger partial charge in [0.25, 0.3) is 0 Å². The number of nitrogens with zero attached hydrogens (tertiary/aromatic N) is 3. The highest BCUT2D eigenvalue weighted by atomic mass is 35.5. The summed E-state index contributed by atoms with van der Waals surface area (Å²) in [6.45, 7) is 0.0145. The van der Waals surface area contributed by atoms with E-state index in [0.29, 0.717) is 28.4 Å². The van der Waals surface area contributed by atoms with Gasteiger partial charge in [-0.15, -0.1) is 11.3 Å². The van der Waals surface area contributed by atoms with Crippen molar-refractivity contribution in [2.75, 3.05) is 5.32 Å². The van der Waals surface area contributed by atoms with E-state index in [-0.39, 0.29) is 6.61 Å². The van der Waals surface area contributed by atoms with Crippen LogP contribution in [0.3, 0.4) is 0 Å². The van der Waals surface area contributed by atoms with Crippen LogP contribution in [0.5, 0.6) is 0 Å². The SMILES string of the molecule is OCc1ccc(-c2ncc(Cl)c(Nc3cc(C4CC4)[nH]n3)n2)s1. The molecule has 0 radical (unpaired) electrons. The molecule has 1 saturated carbocycles. The molecule has 0 aromatic carbocycles. The lowest BCUT2D eigenvalue weighted by Crippen LogP contribution is -1.98. The van der Waals surface area contributed by atoms with Gasteiger partial charge in [0, 0.05) is 22.6 Å². The second kappa shape index (κ2) is 5.92. The number of hydrogen-bond acceptors (Lipinski definition) is 6. The number of rotatable bonds is 5. The lowest BCUT2D eigenvalue weighted by Gasteiger charge is -2.05. The summed E-state index contributed by atoms with van der Waals surface area (Å²) in [7, 11) is 0. The second-order valence-electron chi connectivity index (χ2n) is 5.42. The Balaban J connectivity index is 1.60. The average Bonchev–Trinajstić information content (AvgIpc) is 3.11. The van der Waals surface area contributed by atoms with E-state index in [0.717, 1.165) is 15.4 Å². The largest absolute Gasteiger partial charge is 0.391 e. The third-order valence-corrected chi connectivity index (χ3v) is 4.99. The first kappa shape index (κ1) is 14.6. The van der Waals surface area contributed by atoms with Crippen molar-refractivity contribution in [3.05, 3.63) is 40.0 Å². The van der Waals surface area contributed by atoms with Crippen LogP contribution in [-0.2, 0) is 6.61 Å². The van der Waals surface area contributed by atoms with E-state index in [2.05, 4.69) is 25.5 Å². The smallest absolute Gasteiger partial charge is 0.171 e. The minimum absolute atomic E-state index is 0.0145. The van der Waals surface area contributed by atoms with Crippen molar-refractivity contribution in [1.82, 2.24) is 20.2 Å².